The molecule has 2 atom stereocenters. The summed E-state index contributed by atoms with van der Waals surface area (Å²) in [5.74, 6) is 0.364. The molecule has 2 bridgehead atoms. The van der Waals surface area contributed by atoms with E-state index in [-0.39, 0.29) is 35.5 Å². The summed E-state index contributed by atoms with van der Waals surface area (Å²) in [7, 11) is 1.80. The molecule has 134 valence electrons. The van der Waals surface area contributed by atoms with Crippen LogP contribution in [0.25, 0.3) is 11.5 Å². The maximum atomic E-state index is 12.8. The van der Waals surface area contributed by atoms with Gasteiger partial charge in [-0.1, -0.05) is 0 Å². The van der Waals surface area contributed by atoms with Crippen LogP contribution >= 0.6 is 12.4 Å². The molecule has 1 amide bonds. The molecule has 0 spiro atoms. The fraction of sp³-hybridized carbons (Fsp3) is 0.444. The predicted molar refractivity (Wildman–Crippen MR) is 97.1 cm³/mol. The van der Waals surface area contributed by atoms with Gasteiger partial charge in [-0.3, -0.25) is 9.59 Å². The topological polar surface area (TPSA) is 78.3 Å². The standard InChI is InChI=1S/C18H21N3O3.ClH/c1-21(13-9-11-4-5-12(10-13)19-11)18(23)14-6-7-15(20-17(14)22)16-3-2-8-24-16;/h2-3,6-8,11-13,19H,4-5,9-10H2,1H3,(H,20,22);1H. The summed E-state index contributed by atoms with van der Waals surface area (Å²) in [5.41, 5.74) is 0.375. The van der Waals surface area contributed by atoms with Crippen LogP contribution in [0.15, 0.2) is 39.7 Å². The van der Waals surface area contributed by atoms with Crippen molar-refractivity contribution >= 4 is 18.3 Å². The van der Waals surface area contributed by atoms with Crippen molar-refractivity contribution in [2.45, 2.75) is 43.8 Å². The second-order valence-electron chi connectivity index (χ2n) is 6.77. The molecule has 0 aromatic carbocycles. The van der Waals surface area contributed by atoms with Crippen LogP contribution in [0.5, 0.6) is 0 Å². The highest BCUT2D eigenvalue weighted by atomic mass is 35.5. The van der Waals surface area contributed by atoms with E-state index in [1.54, 1.807) is 42.5 Å². The van der Waals surface area contributed by atoms with Crippen molar-refractivity contribution in [3.05, 3.63) is 46.4 Å². The lowest BCUT2D eigenvalue weighted by molar-refractivity contribution is 0.0680. The van der Waals surface area contributed by atoms with E-state index in [9.17, 15) is 9.59 Å². The van der Waals surface area contributed by atoms with Crippen molar-refractivity contribution in [3.8, 4) is 11.5 Å². The smallest absolute Gasteiger partial charge is 0.261 e. The molecule has 0 aliphatic carbocycles. The minimum Gasteiger partial charge on any atom is -0.463 e. The summed E-state index contributed by atoms with van der Waals surface area (Å²) in [6, 6.07) is 8.03. The highest BCUT2D eigenvalue weighted by Gasteiger charge is 2.36. The van der Waals surface area contributed by atoms with Crippen molar-refractivity contribution in [3.63, 3.8) is 0 Å². The molecule has 2 aromatic rings. The maximum Gasteiger partial charge on any atom is 0.261 e. The number of hydrogen-bond donors (Lipinski definition) is 2. The van der Waals surface area contributed by atoms with Crippen molar-refractivity contribution < 1.29 is 9.21 Å². The number of H-pyrrole nitrogens is 1. The van der Waals surface area contributed by atoms with Gasteiger partial charge in [0.25, 0.3) is 11.5 Å². The summed E-state index contributed by atoms with van der Waals surface area (Å²) in [4.78, 5) is 29.6. The third kappa shape index (κ3) is 3.37. The van der Waals surface area contributed by atoms with Crippen LogP contribution in [0.1, 0.15) is 36.0 Å². The summed E-state index contributed by atoms with van der Waals surface area (Å²) in [5, 5.41) is 3.57. The number of halogens is 1. The number of pyridine rings is 1. The molecule has 4 rings (SSSR count). The Bertz CT molecular complexity index is 790. The zero-order valence-corrected chi connectivity index (χ0v) is 14.8. The van der Waals surface area contributed by atoms with E-state index in [0.717, 1.165) is 12.8 Å². The van der Waals surface area contributed by atoms with Crippen molar-refractivity contribution in [1.29, 1.82) is 0 Å². The van der Waals surface area contributed by atoms with E-state index < -0.39 is 0 Å². The fourth-order valence-electron chi connectivity index (χ4n) is 3.92. The summed E-state index contributed by atoms with van der Waals surface area (Å²) < 4.78 is 5.28. The Hall–Kier alpha value is -2.05. The minimum atomic E-state index is -0.377. The molecule has 2 aromatic heterocycles. The van der Waals surface area contributed by atoms with Gasteiger partial charge in [0.2, 0.25) is 0 Å². The van der Waals surface area contributed by atoms with Crippen LogP contribution in [0, 0.1) is 0 Å². The predicted octanol–water partition coefficient (Wildman–Crippen LogP) is 2.41. The van der Waals surface area contributed by atoms with E-state index in [4.69, 9.17) is 4.42 Å². The molecule has 25 heavy (non-hydrogen) atoms. The van der Waals surface area contributed by atoms with Crippen LogP contribution in [-0.2, 0) is 0 Å². The number of piperidine rings is 1. The molecule has 2 aliphatic heterocycles. The minimum absolute atomic E-state index is 0. The largest absolute Gasteiger partial charge is 0.463 e. The Labute approximate surface area is 152 Å². The number of fused-ring (bicyclic) bond motifs is 2. The Kier molecular flexibility index (Phi) is 5.01. The van der Waals surface area contributed by atoms with Gasteiger partial charge in [0.05, 0.1) is 12.0 Å². The molecule has 0 radical (unpaired) electrons. The second kappa shape index (κ2) is 7.06. The lowest BCUT2D eigenvalue weighted by Crippen LogP contribution is -2.49. The molecule has 2 fully saturated rings. The highest BCUT2D eigenvalue weighted by Crippen LogP contribution is 2.29. The fourth-order valence-corrected chi connectivity index (χ4v) is 3.92. The number of amides is 1. The van der Waals surface area contributed by atoms with E-state index in [0.29, 0.717) is 23.5 Å². The first-order valence-corrected chi connectivity index (χ1v) is 8.42. The number of aromatic amines is 1. The lowest BCUT2D eigenvalue weighted by Gasteiger charge is -2.35. The summed E-state index contributed by atoms with van der Waals surface area (Å²) >= 11 is 0. The number of nitrogens with zero attached hydrogens (tertiary/aromatic N) is 1. The molecule has 0 saturated carbocycles. The average Bonchev–Trinajstić information content (AvgIpc) is 3.23. The van der Waals surface area contributed by atoms with E-state index in [1.165, 1.54) is 12.8 Å². The molecule has 2 N–H and O–H groups in total. The highest BCUT2D eigenvalue weighted by molar-refractivity contribution is 5.94. The van der Waals surface area contributed by atoms with E-state index in [2.05, 4.69) is 10.3 Å². The molecule has 6 nitrogen and oxygen atoms in total. The maximum absolute atomic E-state index is 12.8. The first kappa shape index (κ1) is 17.8. The number of hydrogen-bond acceptors (Lipinski definition) is 4. The molecular formula is C18H22ClN3O3. The Morgan fingerprint density at radius 2 is 1.92 bits per heavy atom. The zero-order chi connectivity index (χ0) is 16.7. The van der Waals surface area contributed by atoms with Crippen LogP contribution in [0.4, 0.5) is 0 Å². The van der Waals surface area contributed by atoms with Gasteiger partial charge in [-0.15, -0.1) is 12.4 Å². The number of carbonyl (C=O) groups is 1. The monoisotopic (exact) mass is 363 g/mol. The molecule has 7 heteroatoms. The van der Waals surface area contributed by atoms with Gasteiger partial charge in [-0.05, 0) is 49.9 Å². The SMILES string of the molecule is CN(C(=O)c1ccc(-c2ccco2)[nH]c1=O)C1CC2CCC(C1)N2.Cl. The van der Waals surface area contributed by atoms with Crippen LogP contribution in [-0.4, -0.2) is 41.0 Å². The normalized spacial score (nSPS) is 24.6. The van der Waals surface area contributed by atoms with Gasteiger partial charge in [0.1, 0.15) is 11.3 Å². The molecule has 4 heterocycles. The zero-order valence-electron chi connectivity index (χ0n) is 14.0. The number of furan rings is 1. The third-order valence-electron chi connectivity index (χ3n) is 5.24. The molecular weight excluding hydrogens is 342 g/mol. The Morgan fingerprint density at radius 1 is 1.20 bits per heavy atom. The first-order chi connectivity index (χ1) is 11.6. The number of rotatable bonds is 3. The van der Waals surface area contributed by atoms with Gasteiger partial charge in [-0.2, -0.15) is 0 Å². The number of nitrogens with one attached hydrogen (secondary N) is 2. The van der Waals surface area contributed by atoms with Gasteiger partial charge in [0.15, 0.2) is 0 Å². The van der Waals surface area contributed by atoms with Crippen molar-refractivity contribution in [2.24, 2.45) is 0 Å². The first-order valence-electron chi connectivity index (χ1n) is 8.42. The summed E-state index contributed by atoms with van der Waals surface area (Å²) in [6.45, 7) is 0. The van der Waals surface area contributed by atoms with Gasteiger partial charge in [0, 0.05) is 25.2 Å². The van der Waals surface area contributed by atoms with Crippen molar-refractivity contribution in [2.75, 3.05) is 7.05 Å². The van der Waals surface area contributed by atoms with Crippen LogP contribution < -0.4 is 10.9 Å². The number of aromatic nitrogens is 1. The average molecular weight is 364 g/mol. The molecule has 2 saturated heterocycles. The van der Waals surface area contributed by atoms with E-state index in [1.807, 2.05) is 0 Å². The van der Waals surface area contributed by atoms with Crippen LogP contribution in [0.2, 0.25) is 0 Å². The quantitative estimate of drug-likeness (QED) is 0.877. The summed E-state index contributed by atoms with van der Waals surface area (Å²) in [6.07, 6.45) is 5.83. The third-order valence-corrected chi connectivity index (χ3v) is 5.24. The van der Waals surface area contributed by atoms with Crippen molar-refractivity contribution in [1.82, 2.24) is 15.2 Å². The van der Waals surface area contributed by atoms with Crippen LogP contribution in [0.3, 0.4) is 0 Å². The number of carbonyl (C=O) groups excluding carboxylic acids is 1. The van der Waals surface area contributed by atoms with Gasteiger partial charge < -0.3 is 19.6 Å². The van der Waals surface area contributed by atoms with Gasteiger partial charge in [-0.25, -0.2) is 0 Å². The lowest BCUT2D eigenvalue weighted by atomic mass is 9.98. The Balaban J connectivity index is 0.00000182. The Morgan fingerprint density at radius 3 is 2.52 bits per heavy atom. The van der Waals surface area contributed by atoms with Gasteiger partial charge >= 0.3 is 0 Å². The van der Waals surface area contributed by atoms with E-state index >= 15 is 0 Å². The molecule has 2 unspecified atom stereocenters. The molecule has 2 aliphatic rings. The second-order valence-corrected chi connectivity index (χ2v) is 6.77.